The Bertz CT molecular complexity index is 747. The third kappa shape index (κ3) is 3.64. The van der Waals surface area contributed by atoms with Gasteiger partial charge >= 0.3 is 0 Å². The third-order valence-corrected chi connectivity index (χ3v) is 4.71. The van der Waals surface area contributed by atoms with E-state index in [1.54, 1.807) is 45.2 Å². The summed E-state index contributed by atoms with van der Waals surface area (Å²) in [5.41, 5.74) is 2.20. The Balaban J connectivity index is 2.22. The van der Waals surface area contributed by atoms with Gasteiger partial charge in [0.15, 0.2) is 0 Å². The molecule has 2 aromatic rings. The van der Waals surface area contributed by atoms with Crippen molar-refractivity contribution in [2.24, 2.45) is 0 Å². The maximum Gasteiger partial charge on any atom is 0.240 e. The van der Waals surface area contributed by atoms with Crippen LogP contribution in [0.4, 0.5) is 4.39 Å². The molecule has 0 heterocycles. The van der Waals surface area contributed by atoms with E-state index >= 15 is 0 Å². The van der Waals surface area contributed by atoms with E-state index in [0.29, 0.717) is 11.3 Å². The quantitative estimate of drug-likeness (QED) is 0.920. The average Bonchev–Trinajstić information content (AvgIpc) is 2.46. The van der Waals surface area contributed by atoms with Crippen LogP contribution in [-0.4, -0.2) is 15.5 Å². The predicted molar refractivity (Wildman–Crippen MR) is 82.9 cm³/mol. The van der Waals surface area contributed by atoms with E-state index in [0.717, 1.165) is 11.1 Å². The van der Waals surface area contributed by atoms with Crippen LogP contribution < -0.4 is 9.46 Å². The van der Waals surface area contributed by atoms with E-state index in [1.807, 2.05) is 0 Å². The molecule has 2 rings (SSSR count). The van der Waals surface area contributed by atoms with Crippen molar-refractivity contribution in [3.63, 3.8) is 0 Å². The first-order valence-corrected chi connectivity index (χ1v) is 8.21. The number of hydrogen-bond donors (Lipinski definition) is 1. The molecule has 0 aliphatic rings. The van der Waals surface area contributed by atoms with Gasteiger partial charge in [-0.15, -0.1) is 0 Å². The van der Waals surface area contributed by atoms with Crippen molar-refractivity contribution in [2.45, 2.75) is 25.3 Å². The molecule has 0 fully saturated rings. The number of sulfonamides is 1. The minimum absolute atomic E-state index is 0.104. The molecule has 0 amide bonds. The molecule has 0 atom stereocenters. The van der Waals surface area contributed by atoms with Crippen molar-refractivity contribution in [1.82, 2.24) is 4.72 Å². The fraction of sp³-hybridized carbons (Fsp3) is 0.250. The number of halogens is 1. The van der Waals surface area contributed by atoms with Gasteiger partial charge in [-0.05, 0) is 54.8 Å². The second-order valence-electron chi connectivity index (χ2n) is 5.04. The highest BCUT2D eigenvalue weighted by Crippen LogP contribution is 2.26. The lowest BCUT2D eigenvalue weighted by Gasteiger charge is -2.12. The van der Waals surface area contributed by atoms with Gasteiger partial charge in [-0.25, -0.2) is 17.5 Å². The minimum Gasteiger partial charge on any atom is -0.496 e. The van der Waals surface area contributed by atoms with Crippen LogP contribution in [0.25, 0.3) is 0 Å². The zero-order chi connectivity index (χ0) is 16.3. The van der Waals surface area contributed by atoms with Crippen LogP contribution in [0.3, 0.4) is 0 Å². The Labute approximate surface area is 130 Å². The molecule has 22 heavy (non-hydrogen) atoms. The zero-order valence-electron chi connectivity index (χ0n) is 12.7. The normalized spacial score (nSPS) is 11.5. The lowest BCUT2D eigenvalue weighted by atomic mass is 10.1. The number of hydrogen-bond acceptors (Lipinski definition) is 3. The SMILES string of the molecule is COc1c(C)cc(S(=O)(=O)NCc2ccc(F)cc2)cc1C. The van der Waals surface area contributed by atoms with Crippen molar-refractivity contribution in [2.75, 3.05) is 7.11 Å². The number of ether oxygens (including phenoxy) is 1. The Morgan fingerprint density at radius 3 is 2.14 bits per heavy atom. The van der Waals surface area contributed by atoms with Crippen LogP contribution in [0.5, 0.6) is 5.75 Å². The maximum absolute atomic E-state index is 12.8. The number of nitrogens with one attached hydrogen (secondary N) is 1. The fourth-order valence-corrected chi connectivity index (χ4v) is 3.44. The summed E-state index contributed by atoms with van der Waals surface area (Å²) in [6, 6.07) is 8.82. The topological polar surface area (TPSA) is 55.4 Å². The molecule has 0 radical (unpaired) electrons. The Morgan fingerprint density at radius 1 is 1.09 bits per heavy atom. The monoisotopic (exact) mass is 323 g/mol. The van der Waals surface area contributed by atoms with Gasteiger partial charge in [-0.1, -0.05) is 12.1 Å². The van der Waals surface area contributed by atoms with E-state index in [1.165, 1.54) is 12.1 Å². The molecule has 0 bridgehead atoms. The predicted octanol–water partition coefficient (Wildman–Crippen LogP) is 2.93. The number of benzene rings is 2. The third-order valence-electron chi connectivity index (χ3n) is 3.33. The standard InChI is InChI=1S/C16H18FNO3S/c1-11-8-15(9-12(2)16(11)21-3)22(19,20)18-10-13-4-6-14(17)7-5-13/h4-9,18H,10H2,1-3H3. The zero-order valence-corrected chi connectivity index (χ0v) is 13.5. The first-order valence-electron chi connectivity index (χ1n) is 6.73. The van der Waals surface area contributed by atoms with E-state index in [-0.39, 0.29) is 17.3 Å². The summed E-state index contributed by atoms with van der Waals surface area (Å²) in [6.45, 7) is 3.70. The molecule has 4 nitrogen and oxygen atoms in total. The molecule has 118 valence electrons. The first-order chi connectivity index (χ1) is 10.3. The van der Waals surface area contributed by atoms with Crippen LogP contribution in [0.15, 0.2) is 41.3 Å². The van der Waals surface area contributed by atoms with Crippen LogP contribution in [0.1, 0.15) is 16.7 Å². The Hall–Kier alpha value is -1.92. The van der Waals surface area contributed by atoms with Crippen molar-refractivity contribution in [3.05, 3.63) is 58.9 Å². The summed E-state index contributed by atoms with van der Waals surface area (Å²) in [5.74, 6) is 0.325. The van der Waals surface area contributed by atoms with Gasteiger partial charge in [0.1, 0.15) is 11.6 Å². The van der Waals surface area contributed by atoms with Gasteiger partial charge in [-0.3, -0.25) is 0 Å². The van der Waals surface area contributed by atoms with Crippen LogP contribution in [0, 0.1) is 19.7 Å². The second kappa shape index (κ2) is 6.46. The van der Waals surface area contributed by atoms with E-state index < -0.39 is 10.0 Å². The van der Waals surface area contributed by atoms with Crippen LogP contribution >= 0.6 is 0 Å². The van der Waals surface area contributed by atoms with Gasteiger partial charge in [0.05, 0.1) is 12.0 Å². The molecule has 0 aliphatic heterocycles. The Morgan fingerprint density at radius 2 is 1.64 bits per heavy atom. The molecule has 0 aromatic heterocycles. The highest BCUT2D eigenvalue weighted by atomic mass is 32.2. The molecular weight excluding hydrogens is 305 g/mol. The van der Waals surface area contributed by atoms with Gasteiger partial charge in [0, 0.05) is 6.54 Å². The summed E-state index contributed by atoms with van der Waals surface area (Å²) in [4.78, 5) is 0.186. The second-order valence-corrected chi connectivity index (χ2v) is 6.81. The van der Waals surface area contributed by atoms with Crippen molar-refractivity contribution in [1.29, 1.82) is 0 Å². The molecular formula is C16H18FNO3S. The molecule has 0 unspecified atom stereocenters. The van der Waals surface area contributed by atoms with Crippen molar-refractivity contribution in [3.8, 4) is 5.75 Å². The highest BCUT2D eigenvalue weighted by Gasteiger charge is 2.17. The number of aryl methyl sites for hydroxylation is 2. The molecule has 1 N–H and O–H groups in total. The summed E-state index contributed by atoms with van der Waals surface area (Å²) in [5, 5.41) is 0. The van der Waals surface area contributed by atoms with E-state index in [4.69, 9.17) is 4.74 Å². The van der Waals surface area contributed by atoms with Gasteiger partial charge < -0.3 is 4.74 Å². The first kappa shape index (κ1) is 16.5. The summed E-state index contributed by atoms with van der Waals surface area (Å²) in [6.07, 6.45) is 0. The average molecular weight is 323 g/mol. The highest BCUT2D eigenvalue weighted by molar-refractivity contribution is 7.89. The molecule has 6 heteroatoms. The molecule has 0 spiro atoms. The largest absolute Gasteiger partial charge is 0.496 e. The summed E-state index contributed by atoms with van der Waals surface area (Å²) in [7, 11) is -2.09. The van der Waals surface area contributed by atoms with Crippen molar-refractivity contribution < 1.29 is 17.5 Å². The summed E-state index contributed by atoms with van der Waals surface area (Å²) >= 11 is 0. The minimum atomic E-state index is -3.64. The van der Waals surface area contributed by atoms with Crippen LogP contribution in [-0.2, 0) is 16.6 Å². The molecule has 0 aliphatic carbocycles. The molecule has 0 saturated carbocycles. The number of rotatable bonds is 5. The van der Waals surface area contributed by atoms with Gasteiger partial charge in [0.25, 0.3) is 0 Å². The molecule has 0 saturated heterocycles. The smallest absolute Gasteiger partial charge is 0.240 e. The summed E-state index contributed by atoms with van der Waals surface area (Å²) < 4.78 is 45.3. The van der Waals surface area contributed by atoms with Gasteiger partial charge in [-0.2, -0.15) is 0 Å². The number of methoxy groups -OCH3 is 1. The maximum atomic E-state index is 12.8. The van der Waals surface area contributed by atoms with Crippen LogP contribution in [0.2, 0.25) is 0 Å². The lowest BCUT2D eigenvalue weighted by molar-refractivity contribution is 0.408. The Kier molecular flexibility index (Phi) is 4.83. The molecule has 2 aromatic carbocycles. The van der Waals surface area contributed by atoms with E-state index in [9.17, 15) is 12.8 Å². The van der Waals surface area contributed by atoms with E-state index in [2.05, 4.69) is 4.72 Å². The fourth-order valence-electron chi connectivity index (χ4n) is 2.25. The van der Waals surface area contributed by atoms with Crippen molar-refractivity contribution >= 4 is 10.0 Å². The van der Waals surface area contributed by atoms with Gasteiger partial charge in [0.2, 0.25) is 10.0 Å². The lowest BCUT2D eigenvalue weighted by Crippen LogP contribution is -2.23.